The summed E-state index contributed by atoms with van der Waals surface area (Å²) in [5, 5.41) is 0. The Hall–Kier alpha value is -1.36. The van der Waals surface area contributed by atoms with E-state index in [1.165, 1.54) is 12.1 Å². The zero-order chi connectivity index (χ0) is 14.3. The van der Waals surface area contributed by atoms with E-state index in [-0.39, 0.29) is 10.8 Å². The molecule has 0 heterocycles. The van der Waals surface area contributed by atoms with E-state index in [0.29, 0.717) is 6.42 Å². The standard InChI is InChI=1S/C14H21NO3S/c1-3-5-9-12(4-2)14(16)15-19(17,18)13-10-7-6-8-11-13/h6-8,10-12H,3-5,9H2,1-2H3,(H,15,16). The topological polar surface area (TPSA) is 63.2 Å². The Balaban J connectivity index is 2.75. The van der Waals surface area contributed by atoms with Gasteiger partial charge in [0.05, 0.1) is 4.90 Å². The van der Waals surface area contributed by atoms with E-state index in [9.17, 15) is 13.2 Å². The summed E-state index contributed by atoms with van der Waals surface area (Å²) in [5.41, 5.74) is 0. The zero-order valence-electron chi connectivity index (χ0n) is 11.4. The van der Waals surface area contributed by atoms with Gasteiger partial charge in [0.2, 0.25) is 5.91 Å². The Bertz CT molecular complexity index is 497. The summed E-state index contributed by atoms with van der Waals surface area (Å²) in [6.07, 6.45) is 3.30. The van der Waals surface area contributed by atoms with Gasteiger partial charge in [-0.15, -0.1) is 0 Å². The molecular weight excluding hydrogens is 262 g/mol. The van der Waals surface area contributed by atoms with Gasteiger partial charge in [0.1, 0.15) is 0 Å². The highest BCUT2D eigenvalue weighted by atomic mass is 32.2. The number of unbranched alkanes of at least 4 members (excludes halogenated alkanes) is 1. The molecule has 19 heavy (non-hydrogen) atoms. The zero-order valence-corrected chi connectivity index (χ0v) is 12.2. The SMILES string of the molecule is CCCCC(CC)C(=O)NS(=O)(=O)c1ccccc1. The molecule has 0 radical (unpaired) electrons. The first-order chi connectivity index (χ1) is 9.01. The number of sulfonamides is 1. The lowest BCUT2D eigenvalue weighted by atomic mass is 9.99. The largest absolute Gasteiger partial charge is 0.274 e. The molecule has 1 amide bonds. The molecule has 4 nitrogen and oxygen atoms in total. The van der Waals surface area contributed by atoms with Crippen molar-refractivity contribution >= 4 is 15.9 Å². The second kappa shape index (κ2) is 7.28. The monoisotopic (exact) mass is 283 g/mol. The molecule has 0 fully saturated rings. The van der Waals surface area contributed by atoms with Crippen LogP contribution in [0.5, 0.6) is 0 Å². The Morgan fingerprint density at radius 2 is 1.84 bits per heavy atom. The van der Waals surface area contributed by atoms with Crippen molar-refractivity contribution in [1.82, 2.24) is 4.72 Å². The second-order valence-electron chi connectivity index (χ2n) is 4.53. The molecule has 0 aliphatic heterocycles. The minimum atomic E-state index is -3.74. The van der Waals surface area contributed by atoms with Crippen LogP contribution in [0.25, 0.3) is 0 Å². The van der Waals surface area contributed by atoms with E-state index < -0.39 is 15.9 Å². The molecule has 0 aliphatic carbocycles. The first kappa shape index (κ1) is 15.7. The van der Waals surface area contributed by atoms with Gasteiger partial charge in [0.15, 0.2) is 0 Å². The van der Waals surface area contributed by atoms with E-state index >= 15 is 0 Å². The van der Waals surface area contributed by atoms with Crippen LogP contribution >= 0.6 is 0 Å². The maximum Gasteiger partial charge on any atom is 0.264 e. The number of nitrogens with one attached hydrogen (secondary N) is 1. The third-order valence-electron chi connectivity index (χ3n) is 3.06. The molecule has 1 N–H and O–H groups in total. The van der Waals surface area contributed by atoms with Crippen molar-refractivity contribution in [3.05, 3.63) is 30.3 Å². The summed E-state index contributed by atoms with van der Waals surface area (Å²) in [6, 6.07) is 7.95. The van der Waals surface area contributed by atoms with Crippen molar-refractivity contribution < 1.29 is 13.2 Å². The van der Waals surface area contributed by atoms with Gasteiger partial charge >= 0.3 is 0 Å². The molecule has 106 valence electrons. The molecule has 5 heteroatoms. The number of hydrogen-bond acceptors (Lipinski definition) is 3. The van der Waals surface area contributed by atoms with Gasteiger partial charge in [-0.25, -0.2) is 13.1 Å². The van der Waals surface area contributed by atoms with Crippen LogP contribution in [0.15, 0.2) is 35.2 Å². The molecular formula is C14H21NO3S. The maximum atomic E-state index is 12.0. The van der Waals surface area contributed by atoms with Gasteiger partial charge < -0.3 is 0 Å². The Morgan fingerprint density at radius 3 is 2.37 bits per heavy atom. The molecule has 1 aromatic carbocycles. The molecule has 0 aromatic heterocycles. The van der Waals surface area contributed by atoms with Crippen LogP contribution in [0.1, 0.15) is 39.5 Å². The number of amides is 1. The third-order valence-corrected chi connectivity index (χ3v) is 4.42. The van der Waals surface area contributed by atoms with E-state index in [4.69, 9.17) is 0 Å². The van der Waals surface area contributed by atoms with Crippen molar-refractivity contribution in [3.8, 4) is 0 Å². The van der Waals surface area contributed by atoms with Crippen molar-refractivity contribution in [2.75, 3.05) is 0 Å². The van der Waals surface area contributed by atoms with Crippen molar-refractivity contribution in [2.24, 2.45) is 5.92 Å². The summed E-state index contributed by atoms with van der Waals surface area (Å²) >= 11 is 0. The first-order valence-corrected chi connectivity index (χ1v) is 8.11. The minimum Gasteiger partial charge on any atom is -0.274 e. The molecule has 1 rings (SSSR count). The lowest BCUT2D eigenvalue weighted by molar-refractivity contribution is -0.123. The average molecular weight is 283 g/mol. The van der Waals surface area contributed by atoms with Gasteiger partial charge in [0, 0.05) is 5.92 Å². The van der Waals surface area contributed by atoms with Gasteiger partial charge in [0.25, 0.3) is 10.0 Å². The van der Waals surface area contributed by atoms with E-state index in [0.717, 1.165) is 19.3 Å². The lowest BCUT2D eigenvalue weighted by Gasteiger charge is -2.14. The van der Waals surface area contributed by atoms with Crippen LogP contribution in [-0.4, -0.2) is 14.3 Å². The average Bonchev–Trinajstić information content (AvgIpc) is 2.40. The molecule has 1 aromatic rings. The fraction of sp³-hybridized carbons (Fsp3) is 0.500. The molecule has 0 aliphatic rings. The van der Waals surface area contributed by atoms with Crippen LogP contribution in [0.3, 0.4) is 0 Å². The van der Waals surface area contributed by atoms with Crippen LogP contribution in [-0.2, 0) is 14.8 Å². The number of rotatable bonds is 7. The molecule has 0 saturated heterocycles. The van der Waals surface area contributed by atoms with E-state index in [1.807, 2.05) is 13.8 Å². The number of carbonyl (C=O) groups is 1. The van der Waals surface area contributed by atoms with Crippen LogP contribution in [0.2, 0.25) is 0 Å². The molecule has 0 spiro atoms. The van der Waals surface area contributed by atoms with Gasteiger partial charge in [-0.05, 0) is 25.0 Å². The fourth-order valence-electron chi connectivity index (χ4n) is 1.85. The summed E-state index contributed by atoms with van der Waals surface area (Å²) in [6.45, 7) is 3.94. The minimum absolute atomic E-state index is 0.119. The van der Waals surface area contributed by atoms with Crippen molar-refractivity contribution in [2.45, 2.75) is 44.4 Å². The van der Waals surface area contributed by atoms with Crippen molar-refractivity contribution in [1.29, 1.82) is 0 Å². The molecule has 0 bridgehead atoms. The van der Waals surface area contributed by atoms with Crippen LogP contribution in [0, 0.1) is 5.92 Å². The summed E-state index contributed by atoms with van der Waals surface area (Å²) in [5.74, 6) is -0.641. The number of benzene rings is 1. The number of carbonyl (C=O) groups excluding carboxylic acids is 1. The predicted octanol–water partition coefficient (Wildman–Crippen LogP) is 2.71. The summed E-state index contributed by atoms with van der Waals surface area (Å²) in [7, 11) is -3.74. The highest BCUT2D eigenvalue weighted by molar-refractivity contribution is 7.90. The van der Waals surface area contributed by atoms with E-state index in [2.05, 4.69) is 4.72 Å². The first-order valence-electron chi connectivity index (χ1n) is 6.63. The lowest BCUT2D eigenvalue weighted by Crippen LogP contribution is -2.35. The highest BCUT2D eigenvalue weighted by Gasteiger charge is 2.22. The number of hydrogen-bond donors (Lipinski definition) is 1. The Kier molecular flexibility index (Phi) is 6.02. The van der Waals surface area contributed by atoms with E-state index in [1.54, 1.807) is 18.2 Å². The summed E-state index contributed by atoms with van der Waals surface area (Å²) < 4.78 is 26.2. The van der Waals surface area contributed by atoms with Crippen LogP contribution < -0.4 is 4.72 Å². The Labute approximate surface area is 115 Å². The molecule has 1 unspecified atom stereocenters. The Morgan fingerprint density at radius 1 is 1.21 bits per heavy atom. The second-order valence-corrected chi connectivity index (χ2v) is 6.21. The van der Waals surface area contributed by atoms with Crippen molar-refractivity contribution in [3.63, 3.8) is 0 Å². The smallest absolute Gasteiger partial charge is 0.264 e. The highest BCUT2D eigenvalue weighted by Crippen LogP contribution is 2.14. The predicted molar refractivity (Wildman–Crippen MR) is 75.1 cm³/mol. The molecule has 0 saturated carbocycles. The third kappa shape index (κ3) is 4.67. The van der Waals surface area contributed by atoms with Crippen LogP contribution in [0.4, 0.5) is 0 Å². The summed E-state index contributed by atoms with van der Waals surface area (Å²) in [4.78, 5) is 12.1. The fourth-order valence-corrected chi connectivity index (χ4v) is 2.91. The molecule has 1 atom stereocenters. The van der Waals surface area contributed by atoms with Gasteiger partial charge in [-0.3, -0.25) is 4.79 Å². The normalized spacial score (nSPS) is 12.9. The van der Waals surface area contributed by atoms with Gasteiger partial charge in [-0.1, -0.05) is 44.9 Å². The quantitative estimate of drug-likeness (QED) is 0.837. The maximum absolute atomic E-state index is 12.0. The van der Waals surface area contributed by atoms with Gasteiger partial charge in [-0.2, -0.15) is 0 Å².